The molecule has 7 nitrogen and oxygen atoms in total. The fourth-order valence-electron chi connectivity index (χ4n) is 5.74. The number of fused-ring (bicyclic) bond motifs is 1. The molecule has 0 spiro atoms. The van der Waals surface area contributed by atoms with Crippen LogP contribution in [-0.2, 0) is 30.3 Å². The lowest BCUT2D eigenvalue weighted by molar-refractivity contribution is -0.102. The van der Waals surface area contributed by atoms with Crippen molar-refractivity contribution < 1.29 is 22.7 Å². The number of anilines is 1. The van der Waals surface area contributed by atoms with Crippen molar-refractivity contribution >= 4 is 11.6 Å². The molecule has 1 unspecified atom stereocenters. The maximum Gasteiger partial charge on any atom is 0.264 e. The number of rotatable bonds is 8. The second kappa shape index (κ2) is 9.20. The topological polar surface area (TPSA) is 72.3 Å². The third-order valence-corrected chi connectivity index (χ3v) is 8.46. The molecule has 1 aliphatic carbocycles. The van der Waals surface area contributed by atoms with Crippen LogP contribution >= 0.6 is 0 Å². The zero-order chi connectivity index (χ0) is 26.7. The lowest BCUT2D eigenvalue weighted by Crippen LogP contribution is -2.50. The van der Waals surface area contributed by atoms with Crippen molar-refractivity contribution in [3.8, 4) is 0 Å². The Labute approximate surface area is 219 Å². The van der Waals surface area contributed by atoms with Gasteiger partial charge in [0.15, 0.2) is 12.0 Å². The van der Waals surface area contributed by atoms with Gasteiger partial charge in [-0.15, -0.1) is 10.2 Å². The molecule has 38 heavy (non-hydrogen) atoms. The Hall–Kier alpha value is -3.24. The van der Waals surface area contributed by atoms with E-state index >= 15 is 4.39 Å². The molecule has 3 aliphatic rings. The fraction of sp³-hybridized carbons (Fsp3) is 0.464. The van der Waals surface area contributed by atoms with Crippen LogP contribution in [0.5, 0.6) is 0 Å². The lowest BCUT2D eigenvalue weighted by Gasteiger charge is -2.43. The average molecular weight is 526 g/mol. The van der Waals surface area contributed by atoms with E-state index in [-0.39, 0.29) is 42.6 Å². The smallest absolute Gasteiger partial charge is 0.264 e. The van der Waals surface area contributed by atoms with Crippen LogP contribution in [0, 0.1) is 0 Å². The molecule has 2 aliphatic heterocycles. The van der Waals surface area contributed by atoms with Gasteiger partial charge in [0.1, 0.15) is 6.33 Å². The quantitative estimate of drug-likeness (QED) is 0.452. The number of hydrogen-bond donors (Lipinski definition) is 1. The van der Waals surface area contributed by atoms with E-state index in [0.717, 1.165) is 19.3 Å². The monoisotopic (exact) mass is 525 g/mol. The molecule has 2 aromatic carbocycles. The van der Waals surface area contributed by atoms with E-state index in [2.05, 4.69) is 22.4 Å². The van der Waals surface area contributed by atoms with Gasteiger partial charge in [0.25, 0.3) is 12.3 Å². The second-order valence-electron chi connectivity index (χ2n) is 11.0. The number of amides is 1. The summed E-state index contributed by atoms with van der Waals surface area (Å²) >= 11 is 0. The number of aryl methyl sites for hydroxylation is 1. The highest BCUT2D eigenvalue weighted by molar-refractivity contribution is 6.10. The summed E-state index contributed by atoms with van der Waals surface area (Å²) in [5, 5.41) is 11.2. The van der Waals surface area contributed by atoms with Crippen LogP contribution in [0.3, 0.4) is 0 Å². The number of aromatic nitrogens is 3. The van der Waals surface area contributed by atoms with Crippen LogP contribution in [0.2, 0.25) is 0 Å². The third-order valence-electron chi connectivity index (χ3n) is 8.46. The Morgan fingerprint density at radius 1 is 1.16 bits per heavy atom. The molecule has 1 saturated carbocycles. The standard InChI is InChI=1S/C28H30F3N5O2/c1-27(7-4-8-27)32-12-17-9-20(24(30)31)22-13-36(26(37)21(22)10-17)19-6-3-5-18(11-19)28(14-38-15-28)23(29)25-34-33-16-35(25)2/h3,5-6,9-11,16,23-24,32H,4,7-8,12-15H2,1-2H3. The first-order valence-corrected chi connectivity index (χ1v) is 12.9. The molecule has 10 heteroatoms. The largest absolute Gasteiger partial charge is 0.379 e. The Balaban J connectivity index is 1.30. The molecule has 2 fully saturated rings. The van der Waals surface area contributed by atoms with Gasteiger partial charge in [-0.25, -0.2) is 13.2 Å². The van der Waals surface area contributed by atoms with Crippen LogP contribution in [0.1, 0.15) is 77.2 Å². The van der Waals surface area contributed by atoms with Crippen LogP contribution in [0.4, 0.5) is 18.9 Å². The van der Waals surface area contributed by atoms with Gasteiger partial charge in [-0.05, 0) is 67.1 Å². The van der Waals surface area contributed by atoms with Gasteiger partial charge in [0.2, 0.25) is 0 Å². The van der Waals surface area contributed by atoms with Crippen molar-refractivity contribution in [1.82, 2.24) is 20.1 Å². The summed E-state index contributed by atoms with van der Waals surface area (Å²) in [7, 11) is 1.68. The molecule has 1 aromatic heterocycles. The highest BCUT2D eigenvalue weighted by Crippen LogP contribution is 2.46. The summed E-state index contributed by atoms with van der Waals surface area (Å²) in [6.07, 6.45) is 0.525. The van der Waals surface area contributed by atoms with Crippen LogP contribution in [-0.4, -0.2) is 39.4 Å². The summed E-state index contributed by atoms with van der Waals surface area (Å²) in [6, 6.07) is 10.3. The van der Waals surface area contributed by atoms with Crippen molar-refractivity contribution in [3.63, 3.8) is 0 Å². The Kier molecular flexibility index (Phi) is 6.07. The summed E-state index contributed by atoms with van der Waals surface area (Å²) in [6.45, 7) is 2.90. The molecule has 1 saturated heterocycles. The van der Waals surface area contributed by atoms with E-state index in [4.69, 9.17) is 4.74 Å². The van der Waals surface area contributed by atoms with Crippen molar-refractivity contribution in [3.05, 3.63) is 76.4 Å². The predicted octanol–water partition coefficient (Wildman–Crippen LogP) is 4.92. The van der Waals surface area contributed by atoms with E-state index in [0.29, 0.717) is 34.5 Å². The van der Waals surface area contributed by atoms with Crippen molar-refractivity contribution in [2.75, 3.05) is 18.1 Å². The Bertz CT molecular complexity index is 1380. The number of hydrogen-bond acceptors (Lipinski definition) is 5. The van der Waals surface area contributed by atoms with E-state index in [1.165, 1.54) is 17.3 Å². The van der Waals surface area contributed by atoms with Crippen molar-refractivity contribution in [1.29, 1.82) is 0 Å². The highest BCUT2D eigenvalue weighted by Gasteiger charge is 2.50. The van der Waals surface area contributed by atoms with Gasteiger partial charge in [-0.3, -0.25) is 4.79 Å². The minimum absolute atomic E-state index is 0.0148. The van der Waals surface area contributed by atoms with E-state index in [1.807, 2.05) is 0 Å². The molecule has 0 bridgehead atoms. The number of benzene rings is 2. The van der Waals surface area contributed by atoms with Gasteiger partial charge in [0.05, 0.1) is 25.2 Å². The third kappa shape index (κ3) is 4.01. The summed E-state index contributed by atoms with van der Waals surface area (Å²) in [5.74, 6) is -0.137. The first kappa shape index (κ1) is 25.1. The number of nitrogens with one attached hydrogen (secondary N) is 1. The summed E-state index contributed by atoms with van der Waals surface area (Å²) in [5.41, 5.74) is 1.44. The van der Waals surface area contributed by atoms with Gasteiger partial charge in [-0.2, -0.15) is 0 Å². The molecule has 1 amide bonds. The van der Waals surface area contributed by atoms with E-state index in [1.54, 1.807) is 41.9 Å². The Morgan fingerprint density at radius 3 is 2.55 bits per heavy atom. The number of ether oxygens (including phenoxy) is 1. The summed E-state index contributed by atoms with van der Waals surface area (Å²) in [4.78, 5) is 15.0. The number of carbonyl (C=O) groups is 1. The zero-order valence-electron chi connectivity index (χ0n) is 21.4. The molecular weight excluding hydrogens is 495 g/mol. The molecule has 1 atom stereocenters. The number of halogens is 3. The molecule has 3 aromatic rings. The SMILES string of the molecule is Cn1cnnc1C(F)C1(c2cccc(N3Cc4c(cc(CNC5(C)CCC5)cc4C(F)F)C3=O)c2)COC1. The normalized spacial score (nSPS) is 20.3. The van der Waals surface area contributed by atoms with Crippen LogP contribution < -0.4 is 10.2 Å². The number of nitrogens with zero attached hydrogens (tertiary/aromatic N) is 4. The maximum atomic E-state index is 15.8. The fourth-order valence-corrected chi connectivity index (χ4v) is 5.74. The summed E-state index contributed by atoms with van der Waals surface area (Å²) < 4.78 is 51.0. The molecule has 0 radical (unpaired) electrons. The Morgan fingerprint density at radius 2 is 1.95 bits per heavy atom. The first-order valence-electron chi connectivity index (χ1n) is 12.9. The predicted molar refractivity (Wildman–Crippen MR) is 135 cm³/mol. The van der Waals surface area contributed by atoms with Gasteiger partial charge in [0, 0.05) is 35.9 Å². The van der Waals surface area contributed by atoms with Crippen molar-refractivity contribution in [2.24, 2.45) is 7.05 Å². The minimum atomic E-state index is -2.70. The second-order valence-corrected chi connectivity index (χ2v) is 11.0. The average Bonchev–Trinajstić information content (AvgIpc) is 3.43. The van der Waals surface area contributed by atoms with E-state index in [9.17, 15) is 13.6 Å². The molecule has 1 N–H and O–H groups in total. The minimum Gasteiger partial charge on any atom is -0.379 e. The van der Waals surface area contributed by atoms with Gasteiger partial charge in [-0.1, -0.05) is 12.1 Å². The molecule has 200 valence electrons. The first-order chi connectivity index (χ1) is 18.2. The molecular formula is C28H30F3N5O2. The molecule has 3 heterocycles. The number of carbonyl (C=O) groups excluding carboxylic acids is 1. The van der Waals surface area contributed by atoms with Crippen LogP contribution in [0.15, 0.2) is 42.7 Å². The van der Waals surface area contributed by atoms with Gasteiger partial charge < -0.3 is 19.5 Å². The zero-order valence-corrected chi connectivity index (χ0v) is 21.4. The molecule has 6 rings (SSSR count). The maximum absolute atomic E-state index is 15.8. The van der Waals surface area contributed by atoms with Gasteiger partial charge >= 0.3 is 0 Å². The van der Waals surface area contributed by atoms with Crippen LogP contribution in [0.25, 0.3) is 0 Å². The number of alkyl halides is 3. The lowest BCUT2D eigenvalue weighted by atomic mass is 9.74. The van der Waals surface area contributed by atoms with E-state index < -0.39 is 18.0 Å². The van der Waals surface area contributed by atoms with Crippen molar-refractivity contribution in [2.45, 2.75) is 62.8 Å². The highest BCUT2D eigenvalue weighted by atomic mass is 19.3.